The topological polar surface area (TPSA) is 160 Å². The van der Waals surface area contributed by atoms with Crippen molar-refractivity contribution >= 4 is 52.2 Å². The van der Waals surface area contributed by atoms with Crippen molar-refractivity contribution in [2.45, 2.75) is 12.3 Å². The lowest BCUT2D eigenvalue weighted by molar-refractivity contribution is -0.117. The molecule has 0 aliphatic rings. The van der Waals surface area contributed by atoms with Crippen LogP contribution in [0, 0.1) is 11.3 Å². The fourth-order valence-corrected chi connectivity index (χ4v) is 3.69. The van der Waals surface area contributed by atoms with Crippen LogP contribution in [0.1, 0.15) is 39.4 Å². The summed E-state index contributed by atoms with van der Waals surface area (Å²) in [6.07, 6.45) is 0.380. The number of amidine groups is 1. The molecule has 1 atom stereocenters. The van der Waals surface area contributed by atoms with E-state index in [4.69, 9.17) is 45.7 Å². The third-order valence-electron chi connectivity index (χ3n) is 5.18. The van der Waals surface area contributed by atoms with Crippen molar-refractivity contribution in [3.05, 3.63) is 93.0 Å². The number of nitriles is 1. The van der Waals surface area contributed by atoms with Gasteiger partial charge in [-0.1, -0.05) is 35.3 Å². The molecule has 35 heavy (non-hydrogen) atoms. The van der Waals surface area contributed by atoms with Crippen LogP contribution >= 0.6 is 23.2 Å². The number of benzene rings is 3. The quantitative estimate of drug-likeness (QED) is 0.213. The molecule has 0 radical (unpaired) electrons. The van der Waals surface area contributed by atoms with Gasteiger partial charge in [0.2, 0.25) is 5.91 Å². The molecule has 178 valence electrons. The monoisotopic (exact) mass is 508 g/mol. The van der Waals surface area contributed by atoms with Crippen LogP contribution in [0.3, 0.4) is 0 Å². The summed E-state index contributed by atoms with van der Waals surface area (Å²) < 4.78 is 0. The van der Waals surface area contributed by atoms with Crippen molar-refractivity contribution < 1.29 is 9.59 Å². The van der Waals surface area contributed by atoms with E-state index >= 15 is 0 Å². The highest BCUT2D eigenvalue weighted by molar-refractivity contribution is 6.42. The van der Waals surface area contributed by atoms with Crippen LogP contribution in [0.2, 0.25) is 10.0 Å². The van der Waals surface area contributed by atoms with Crippen LogP contribution < -0.4 is 22.5 Å². The van der Waals surface area contributed by atoms with Crippen LogP contribution in [-0.2, 0) is 4.79 Å². The second kappa shape index (κ2) is 11.5. The molecular formula is C25H22Cl2N6O2. The van der Waals surface area contributed by atoms with Crippen molar-refractivity contribution in [1.29, 1.82) is 5.26 Å². The normalized spacial score (nSPS) is 12.0. The van der Waals surface area contributed by atoms with Gasteiger partial charge in [0.1, 0.15) is 5.84 Å². The number of carbonyl (C=O) groups is 2. The molecule has 0 spiro atoms. The summed E-state index contributed by atoms with van der Waals surface area (Å²) in [6.45, 7) is 0.278. The van der Waals surface area contributed by atoms with Crippen LogP contribution in [0.25, 0.3) is 0 Å². The Hall–Kier alpha value is -3.90. The fourth-order valence-electron chi connectivity index (χ4n) is 3.39. The Morgan fingerprint density at radius 2 is 1.83 bits per heavy atom. The molecule has 7 N–H and O–H groups in total. The van der Waals surface area contributed by atoms with E-state index in [0.29, 0.717) is 33.3 Å². The van der Waals surface area contributed by atoms with E-state index in [1.807, 2.05) is 6.07 Å². The molecule has 3 aromatic carbocycles. The van der Waals surface area contributed by atoms with Crippen LogP contribution in [0.4, 0.5) is 11.4 Å². The highest BCUT2D eigenvalue weighted by Crippen LogP contribution is 2.29. The summed E-state index contributed by atoms with van der Waals surface area (Å²) in [6, 6.07) is 17.7. The summed E-state index contributed by atoms with van der Waals surface area (Å²) in [5, 5.41) is 12.6. The molecule has 0 saturated heterocycles. The number of aliphatic imine (C=N–C) groups is 1. The number of nitrogens with one attached hydrogen (secondary N) is 1. The van der Waals surface area contributed by atoms with E-state index in [9.17, 15) is 9.59 Å². The molecule has 0 heterocycles. The zero-order valence-corrected chi connectivity index (χ0v) is 20.0. The SMILES string of the molecule is N#Cc1cccc(C(=O)N=C(N)c2cc(NC(=O)C(CCN)c3ccc(Cl)c(Cl)c3)ccc2N)c1. The third kappa shape index (κ3) is 6.37. The predicted molar refractivity (Wildman–Crippen MR) is 139 cm³/mol. The highest BCUT2D eigenvalue weighted by atomic mass is 35.5. The average molecular weight is 509 g/mol. The van der Waals surface area contributed by atoms with Gasteiger partial charge in [-0.2, -0.15) is 10.3 Å². The minimum atomic E-state index is -0.629. The standard InChI is InChI=1S/C25H22Cl2N6O2/c26-20-6-4-15(11-21(20)27)18(8-9-28)25(35)32-17-5-7-22(30)19(12-17)23(31)33-24(34)16-3-1-2-14(10-16)13-29/h1-7,10-12,18H,8-9,28,30H2,(H,32,35)(H2,31,33,34). The van der Waals surface area contributed by atoms with Crippen molar-refractivity contribution in [1.82, 2.24) is 0 Å². The predicted octanol–water partition coefficient (Wildman–Crippen LogP) is 4.06. The largest absolute Gasteiger partial charge is 0.398 e. The number of anilines is 2. The molecule has 3 rings (SSSR count). The smallest absolute Gasteiger partial charge is 0.278 e. The number of halogens is 2. The van der Waals surface area contributed by atoms with Gasteiger partial charge in [-0.05, 0) is 67.1 Å². The zero-order chi connectivity index (χ0) is 25.5. The van der Waals surface area contributed by atoms with Gasteiger partial charge in [-0.3, -0.25) is 9.59 Å². The molecule has 2 amide bonds. The Kier molecular flexibility index (Phi) is 8.44. The Morgan fingerprint density at radius 3 is 2.51 bits per heavy atom. The molecule has 0 bridgehead atoms. The highest BCUT2D eigenvalue weighted by Gasteiger charge is 2.21. The number of nitrogen functional groups attached to an aromatic ring is 1. The third-order valence-corrected chi connectivity index (χ3v) is 5.91. The van der Waals surface area contributed by atoms with Crippen molar-refractivity contribution in [2.24, 2.45) is 16.5 Å². The Bertz CT molecular complexity index is 1350. The Morgan fingerprint density at radius 1 is 1.06 bits per heavy atom. The first kappa shape index (κ1) is 25.7. The maximum Gasteiger partial charge on any atom is 0.278 e. The first-order valence-corrected chi connectivity index (χ1v) is 11.2. The molecule has 1 unspecified atom stereocenters. The average Bonchev–Trinajstić information content (AvgIpc) is 2.85. The first-order valence-electron chi connectivity index (χ1n) is 10.5. The van der Waals surface area contributed by atoms with E-state index in [1.54, 1.807) is 42.5 Å². The molecule has 0 fully saturated rings. The molecule has 8 nitrogen and oxygen atoms in total. The molecule has 0 aliphatic heterocycles. The van der Waals surface area contributed by atoms with Gasteiger partial charge in [-0.25, -0.2) is 0 Å². The minimum Gasteiger partial charge on any atom is -0.398 e. The fraction of sp³-hybridized carbons (Fsp3) is 0.120. The number of hydrogen-bond acceptors (Lipinski definition) is 5. The second-order valence-electron chi connectivity index (χ2n) is 7.59. The summed E-state index contributed by atoms with van der Waals surface area (Å²) in [4.78, 5) is 29.5. The van der Waals surface area contributed by atoms with E-state index in [0.717, 1.165) is 0 Å². The van der Waals surface area contributed by atoms with Gasteiger partial charge in [0.25, 0.3) is 5.91 Å². The Balaban J connectivity index is 1.85. The molecule has 0 aromatic heterocycles. The lowest BCUT2D eigenvalue weighted by Crippen LogP contribution is -2.24. The number of hydrogen-bond donors (Lipinski definition) is 4. The number of nitrogens with two attached hydrogens (primary N) is 3. The molecule has 10 heteroatoms. The first-order chi connectivity index (χ1) is 16.7. The zero-order valence-electron chi connectivity index (χ0n) is 18.5. The summed E-state index contributed by atoms with van der Waals surface area (Å²) in [7, 11) is 0. The molecule has 3 aromatic rings. The summed E-state index contributed by atoms with van der Waals surface area (Å²) in [5.41, 5.74) is 20.0. The maximum atomic E-state index is 13.1. The van der Waals surface area contributed by atoms with E-state index in [-0.39, 0.29) is 35.1 Å². The summed E-state index contributed by atoms with van der Waals surface area (Å²) in [5.74, 6) is -1.65. The van der Waals surface area contributed by atoms with Crippen LogP contribution in [-0.4, -0.2) is 24.2 Å². The van der Waals surface area contributed by atoms with Gasteiger partial charge in [-0.15, -0.1) is 0 Å². The van der Waals surface area contributed by atoms with E-state index < -0.39 is 11.8 Å². The van der Waals surface area contributed by atoms with Crippen molar-refractivity contribution in [3.63, 3.8) is 0 Å². The number of rotatable bonds is 7. The summed E-state index contributed by atoms with van der Waals surface area (Å²) >= 11 is 12.1. The second-order valence-corrected chi connectivity index (χ2v) is 8.40. The van der Waals surface area contributed by atoms with Crippen molar-refractivity contribution in [3.8, 4) is 6.07 Å². The number of nitrogens with zero attached hydrogens (tertiary/aromatic N) is 2. The number of amides is 2. The van der Waals surface area contributed by atoms with Gasteiger partial charge in [0, 0.05) is 22.5 Å². The molecule has 0 saturated carbocycles. The molecule has 0 aliphatic carbocycles. The van der Waals surface area contributed by atoms with Gasteiger partial charge >= 0.3 is 0 Å². The number of carbonyl (C=O) groups excluding carboxylic acids is 2. The van der Waals surface area contributed by atoms with Gasteiger partial charge in [0.15, 0.2) is 0 Å². The van der Waals surface area contributed by atoms with E-state index in [1.165, 1.54) is 18.2 Å². The van der Waals surface area contributed by atoms with Crippen LogP contribution in [0.15, 0.2) is 65.7 Å². The lowest BCUT2D eigenvalue weighted by atomic mass is 9.94. The Labute approximate surface area is 212 Å². The van der Waals surface area contributed by atoms with Gasteiger partial charge in [0.05, 0.1) is 27.6 Å². The lowest BCUT2D eigenvalue weighted by Gasteiger charge is -2.18. The molecular weight excluding hydrogens is 487 g/mol. The van der Waals surface area contributed by atoms with E-state index in [2.05, 4.69) is 10.3 Å². The maximum absolute atomic E-state index is 13.1. The van der Waals surface area contributed by atoms with Gasteiger partial charge < -0.3 is 22.5 Å². The van der Waals surface area contributed by atoms with Crippen molar-refractivity contribution in [2.75, 3.05) is 17.6 Å². The minimum absolute atomic E-state index is 0.131. The van der Waals surface area contributed by atoms with Crippen LogP contribution in [0.5, 0.6) is 0 Å².